The first-order valence-corrected chi connectivity index (χ1v) is 6.12. The van der Waals surface area contributed by atoms with Crippen molar-refractivity contribution in [1.29, 1.82) is 0 Å². The van der Waals surface area contributed by atoms with E-state index >= 15 is 0 Å². The Hall–Kier alpha value is -2.14. The first-order valence-electron chi connectivity index (χ1n) is 6.12. The molecule has 100 valence electrons. The van der Waals surface area contributed by atoms with Crippen molar-refractivity contribution in [1.82, 2.24) is 5.16 Å². The third kappa shape index (κ3) is 2.82. The number of benzene rings is 1. The van der Waals surface area contributed by atoms with E-state index in [1.807, 2.05) is 6.92 Å². The van der Waals surface area contributed by atoms with Crippen molar-refractivity contribution in [3.05, 3.63) is 46.8 Å². The second-order valence-corrected chi connectivity index (χ2v) is 4.22. The van der Waals surface area contributed by atoms with E-state index in [4.69, 9.17) is 9.63 Å². The number of rotatable bonds is 4. The molecule has 1 amide bonds. The van der Waals surface area contributed by atoms with Gasteiger partial charge in [0.2, 0.25) is 0 Å². The van der Waals surface area contributed by atoms with Crippen molar-refractivity contribution in [3.63, 3.8) is 0 Å². The van der Waals surface area contributed by atoms with Gasteiger partial charge < -0.3 is 14.9 Å². The highest BCUT2D eigenvalue weighted by molar-refractivity contribution is 6.05. The van der Waals surface area contributed by atoms with Gasteiger partial charge in [0.25, 0.3) is 5.91 Å². The van der Waals surface area contributed by atoms with Crippen LogP contribution in [0.15, 0.2) is 28.8 Å². The third-order valence-corrected chi connectivity index (χ3v) is 2.89. The molecule has 5 heteroatoms. The predicted octanol–water partition coefficient (Wildman–Crippen LogP) is 2.29. The molecule has 0 saturated carbocycles. The lowest BCUT2D eigenvalue weighted by Crippen LogP contribution is -2.14. The molecule has 0 fully saturated rings. The van der Waals surface area contributed by atoms with Crippen LogP contribution >= 0.6 is 0 Å². The summed E-state index contributed by atoms with van der Waals surface area (Å²) in [6.45, 7) is 3.62. The lowest BCUT2D eigenvalue weighted by atomic mass is 10.1. The fraction of sp³-hybridized carbons (Fsp3) is 0.286. The fourth-order valence-electron chi connectivity index (χ4n) is 1.84. The molecule has 0 bridgehead atoms. The Labute approximate surface area is 111 Å². The van der Waals surface area contributed by atoms with Crippen LogP contribution < -0.4 is 5.32 Å². The lowest BCUT2D eigenvalue weighted by Gasteiger charge is -2.05. The molecule has 0 atom stereocenters. The maximum atomic E-state index is 12.2. The van der Waals surface area contributed by atoms with E-state index in [0.29, 0.717) is 29.1 Å². The zero-order valence-corrected chi connectivity index (χ0v) is 10.9. The van der Waals surface area contributed by atoms with Gasteiger partial charge in [-0.25, -0.2) is 0 Å². The summed E-state index contributed by atoms with van der Waals surface area (Å²) in [5, 5.41) is 15.6. The molecule has 0 unspecified atom stereocenters. The lowest BCUT2D eigenvalue weighted by molar-refractivity contribution is 0.102. The number of carbonyl (C=O) groups excluding carboxylic acids is 1. The van der Waals surface area contributed by atoms with Crippen molar-refractivity contribution < 1.29 is 14.4 Å². The van der Waals surface area contributed by atoms with Gasteiger partial charge in [-0.3, -0.25) is 4.79 Å². The number of aryl methyl sites for hydroxylation is 2. The van der Waals surface area contributed by atoms with Crippen LogP contribution in [0.3, 0.4) is 0 Å². The minimum absolute atomic E-state index is 0.0149. The van der Waals surface area contributed by atoms with E-state index in [1.165, 1.54) is 0 Å². The summed E-state index contributed by atoms with van der Waals surface area (Å²) in [5.74, 6) is 0.286. The summed E-state index contributed by atoms with van der Waals surface area (Å²) in [6, 6.07) is 7.02. The van der Waals surface area contributed by atoms with Crippen molar-refractivity contribution in [2.45, 2.75) is 26.9 Å². The highest BCUT2D eigenvalue weighted by atomic mass is 16.5. The monoisotopic (exact) mass is 260 g/mol. The normalized spacial score (nSPS) is 10.5. The van der Waals surface area contributed by atoms with E-state index in [9.17, 15) is 4.79 Å². The zero-order chi connectivity index (χ0) is 13.8. The summed E-state index contributed by atoms with van der Waals surface area (Å²) in [6.07, 6.45) is 0.642. The number of carbonyl (C=O) groups is 1. The van der Waals surface area contributed by atoms with Gasteiger partial charge in [0, 0.05) is 5.69 Å². The van der Waals surface area contributed by atoms with Crippen LogP contribution in [0.25, 0.3) is 0 Å². The number of nitrogens with one attached hydrogen (secondary N) is 1. The Bertz CT molecular complexity index is 573. The molecular weight excluding hydrogens is 244 g/mol. The van der Waals surface area contributed by atoms with Crippen molar-refractivity contribution in [3.8, 4) is 0 Å². The van der Waals surface area contributed by atoms with Crippen molar-refractivity contribution in [2.75, 3.05) is 5.32 Å². The number of aliphatic hydroxyl groups excluding tert-OH is 1. The Morgan fingerprint density at radius 2 is 2.05 bits per heavy atom. The molecule has 0 saturated heterocycles. The van der Waals surface area contributed by atoms with Crippen LogP contribution in [0.2, 0.25) is 0 Å². The number of hydrogen-bond acceptors (Lipinski definition) is 4. The van der Waals surface area contributed by atoms with E-state index in [1.54, 1.807) is 31.2 Å². The van der Waals surface area contributed by atoms with Crippen LogP contribution in [0, 0.1) is 6.92 Å². The first-order chi connectivity index (χ1) is 9.15. The van der Waals surface area contributed by atoms with Gasteiger partial charge in [-0.15, -0.1) is 0 Å². The second kappa shape index (κ2) is 5.67. The van der Waals surface area contributed by atoms with Crippen LogP contribution in [0.4, 0.5) is 5.69 Å². The summed E-state index contributed by atoms with van der Waals surface area (Å²) in [5.41, 5.74) is 2.62. The zero-order valence-electron chi connectivity index (χ0n) is 10.9. The Kier molecular flexibility index (Phi) is 3.97. The molecule has 19 heavy (non-hydrogen) atoms. The largest absolute Gasteiger partial charge is 0.392 e. The number of nitrogens with zero attached hydrogens (tertiary/aromatic N) is 1. The molecule has 0 aliphatic carbocycles. The first kappa shape index (κ1) is 13.3. The molecule has 0 radical (unpaired) electrons. The summed E-state index contributed by atoms with van der Waals surface area (Å²) in [4.78, 5) is 12.2. The highest BCUT2D eigenvalue weighted by Crippen LogP contribution is 2.17. The minimum atomic E-state index is -0.229. The van der Waals surface area contributed by atoms with Crippen LogP contribution in [-0.4, -0.2) is 16.2 Å². The van der Waals surface area contributed by atoms with Gasteiger partial charge >= 0.3 is 0 Å². The fourth-order valence-corrected chi connectivity index (χ4v) is 1.84. The average molecular weight is 260 g/mol. The molecule has 2 N–H and O–H groups in total. The van der Waals surface area contributed by atoms with Gasteiger partial charge in [-0.05, 0) is 31.0 Å². The molecule has 2 rings (SSSR count). The average Bonchev–Trinajstić information content (AvgIpc) is 2.80. The molecule has 0 spiro atoms. The maximum Gasteiger partial charge on any atom is 0.261 e. The highest BCUT2D eigenvalue weighted by Gasteiger charge is 2.19. The smallest absolute Gasteiger partial charge is 0.261 e. The Balaban J connectivity index is 2.18. The number of aliphatic hydroxyl groups is 1. The van der Waals surface area contributed by atoms with Gasteiger partial charge in [-0.2, -0.15) is 0 Å². The van der Waals surface area contributed by atoms with Crippen LogP contribution in [0.1, 0.15) is 34.3 Å². The molecule has 5 nitrogen and oxygen atoms in total. The second-order valence-electron chi connectivity index (χ2n) is 4.22. The van der Waals surface area contributed by atoms with E-state index < -0.39 is 0 Å². The molecule has 0 aliphatic heterocycles. The third-order valence-electron chi connectivity index (χ3n) is 2.89. The number of hydrogen-bond donors (Lipinski definition) is 2. The van der Waals surface area contributed by atoms with Gasteiger partial charge in [0.05, 0.1) is 12.3 Å². The van der Waals surface area contributed by atoms with E-state index in [0.717, 1.165) is 5.56 Å². The molecule has 1 heterocycles. The molecular formula is C14H16N2O3. The van der Waals surface area contributed by atoms with Crippen molar-refractivity contribution in [2.24, 2.45) is 0 Å². The summed E-state index contributed by atoms with van der Waals surface area (Å²) < 4.78 is 5.04. The number of anilines is 1. The summed E-state index contributed by atoms with van der Waals surface area (Å²) >= 11 is 0. The van der Waals surface area contributed by atoms with Gasteiger partial charge in [0.15, 0.2) is 0 Å². The number of aromatic nitrogens is 1. The summed E-state index contributed by atoms with van der Waals surface area (Å²) in [7, 11) is 0. The van der Waals surface area contributed by atoms with Crippen molar-refractivity contribution >= 4 is 11.6 Å². The van der Waals surface area contributed by atoms with Gasteiger partial charge in [0.1, 0.15) is 11.3 Å². The Morgan fingerprint density at radius 1 is 1.37 bits per heavy atom. The Morgan fingerprint density at radius 3 is 2.63 bits per heavy atom. The standard InChI is InChI=1S/C14H16N2O3/c1-3-12-13(9(2)19-16-12)14(18)15-11-6-4-10(8-17)5-7-11/h4-7,17H,3,8H2,1-2H3,(H,15,18). The predicted molar refractivity (Wildman–Crippen MR) is 70.9 cm³/mol. The van der Waals surface area contributed by atoms with Crippen LogP contribution in [-0.2, 0) is 13.0 Å². The SMILES string of the molecule is CCc1noc(C)c1C(=O)Nc1ccc(CO)cc1. The quantitative estimate of drug-likeness (QED) is 0.884. The molecule has 0 aliphatic rings. The minimum Gasteiger partial charge on any atom is -0.392 e. The maximum absolute atomic E-state index is 12.2. The molecule has 2 aromatic rings. The van der Waals surface area contributed by atoms with Crippen LogP contribution in [0.5, 0.6) is 0 Å². The number of amides is 1. The topological polar surface area (TPSA) is 75.4 Å². The van der Waals surface area contributed by atoms with Gasteiger partial charge in [-0.1, -0.05) is 24.2 Å². The van der Waals surface area contributed by atoms with E-state index in [-0.39, 0.29) is 12.5 Å². The molecule has 1 aromatic carbocycles. The van der Waals surface area contributed by atoms with E-state index in [2.05, 4.69) is 10.5 Å². The molecule has 1 aromatic heterocycles.